The van der Waals surface area contributed by atoms with Gasteiger partial charge < -0.3 is 0 Å². The number of fused-ring (bicyclic) bond motifs is 2. The standard InChI is InChI=1S/C13H11F2NO/c14-7-4-10-11(5-7)13(16-6-17)9-3-1-2-8(9)12(10)15/h7H,1-5H2. The van der Waals surface area contributed by atoms with Crippen molar-refractivity contribution in [2.75, 3.05) is 0 Å². The SMILES string of the molecule is O=C=Nc1c2c(c(F)c3c1CC(F)C3)CCC2. The highest BCUT2D eigenvalue weighted by molar-refractivity contribution is 5.66. The van der Waals surface area contributed by atoms with Gasteiger partial charge in [-0.25, -0.2) is 13.6 Å². The van der Waals surface area contributed by atoms with Crippen molar-refractivity contribution in [3.8, 4) is 0 Å². The normalized spacial score (nSPS) is 20.9. The molecule has 0 aliphatic heterocycles. The molecule has 4 heteroatoms. The monoisotopic (exact) mass is 235 g/mol. The number of isocyanates is 1. The van der Waals surface area contributed by atoms with Crippen LogP contribution in [-0.4, -0.2) is 12.3 Å². The first-order valence-electron chi connectivity index (χ1n) is 5.79. The van der Waals surface area contributed by atoms with E-state index in [0.29, 0.717) is 28.8 Å². The molecule has 0 heterocycles. The van der Waals surface area contributed by atoms with Crippen LogP contribution >= 0.6 is 0 Å². The number of alkyl halides is 1. The number of carbonyl (C=O) groups excluding carboxylic acids is 1. The van der Waals surface area contributed by atoms with Gasteiger partial charge in [0.05, 0.1) is 5.69 Å². The molecular weight excluding hydrogens is 224 g/mol. The zero-order valence-corrected chi connectivity index (χ0v) is 9.22. The fourth-order valence-corrected chi connectivity index (χ4v) is 3.02. The lowest BCUT2D eigenvalue weighted by Gasteiger charge is -2.11. The van der Waals surface area contributed by atoms with Crippen molar-refractivity contribution in [2.24, 2.45) is 4.99 Å². The highest BCUT2D eigenvalue weighted by Gasteiger charge is 2.32. The third kappa shape index (κ3) is 1.44. The molecule has 17 heavy (non-hydrogen) atoms. The lowest BCUT2D eigenvalue weighted by atomic mass is 9.98. The highest BCUT2D eigenvalue weighted by atomic mass is 19.1. The molecule has 2 nitrogen and oxygen atoms in total. The Morgan fingerprint density at radius 3 is 2.59 bits per heavy atom. The van der Waals surface area contributed by atoms with Crippen molar-refractivity contribution >= 4 is 11.8 Å². The van der Waals surface area contributed by atoms with Gasteiger partial charge in [-0.15, -0.1) is 0 Å². The van der Waals surface area contributed by atoms with Gasteiger partial charge in [-0.2, -0.15) is 4.99 Å². The molecule has 0 radical (unpaired) electrons. The summed E-state index contributed by atoms with van der Waals surface area (Å²) in [5.74, 6) is -0.266. The third-order valence-corrected chi connectivity index (χ3v) is 3.69. The minimum absolute atomic E-state index is 0.107. The summed E-state index contributed by atoms with van der Waals surface area (Å²) in [5, 5.41) is 0. The molecule has 88 valence electrons. The van der Waals surface area contributed by atoms with Crippen molar-refractivity contribution in [2.45, 2.75) is 38.3 Å². The second kappa shape index (κ2) is 3.74. The Balaban J connectivity index is 2.31. The van der Waals surface area contributed by atoms with Gasteiger partial charge in [-0.3, -0.25) is 0 Å². The van der Waals surface area contributed by atoms with E-state index in [1.54, 1.807) is 0 Å². The summed E-state index contributed by atoms with van der Waals surface area (Å²) in [6.45, 7) is 0. The van der Waals surface area contributed by atoms with Crippen molar-refractivity contribution in [1.29, 1.82) is 0 Å². The molecule has 0 bridgehead atoms. The first-order valence-corrected chi connectivity index (χ1v) is 5.79. The van der Waals surface area contributed by atoms with Gasteiger partial charge in [0.1, 0.15) is 12.0 Å². The Kier molecular flexibility index (Phi) is 2.33. The number of aliphatic imine (C=N–C) groups is 1. The van der Waals surface area contributed by atoms with E-state index in [0.717, 1.165) is 18.4 Å². The summed E-state index contributed by atoms with van der Waals surface area (Å²) < 4.78 is 27.6. The van der Waals surface area contributed by atoms with Crippen LogP contribution in [0.2, 0.25) is 0 Å². The summed E-state index contributed by atoms with van der Waals surface area (Å²) in [6.07, 6.45) is 2.98. The van der Waals surface area contributed by atoms with E-state index in [2.05, 4.69) is 4.99 Å². The van der Waals surface area contributed by atoms with E-state index in [4.69, 9.17) is 0 Å². The van der Waals surface area contributed by atoms with E-state index in [9.17, 15) is 13.6 Å². The van der Waals surface area contributed by atoms with Crippen LogP contribution in [0.4, 0.5) is 14.5 Å². The van der Waals surface area contributed by atoms with Gasteiger partial charge in [0.25, 0.3) is 0 Å². The summed E-state index contributed by atoms with van der Waals surface area (Å²) >= 11 is 0. The van der Waals surface area contributed by atoms with Crippen LogP contribution in [0.25, 0.3) is 0 Å². The van der Waals surface area contributed by atoms with Crippen molar-refractivity contribution in [3.63, 3.8) is 0 Å². The quantitative estimate of drug-likeness (QED) is 0.543. The molecule has 1 unspecified atom stereocenters. The molecule has 0 N–H and O–H groups in total. The third-order valence-electron chi connectivity index (χ3n) is 3.69. The number of nitrogens with zero attached hydrogens (tertiary/aromatic N) is 1. The molecule has 2 aliphatic carbocycles. The minimum atomic E-state index is -1.05. The van der Waals surface area contributed by atoms with Crippen LogP contribution in [0.3, 0.4) is 0 Å². The fourth-order valence-electron chi connectivity index (χ4n) is 3.02. The van der Waals surface area contributed by atoms with Gasteiger partial charge in [0.2, 0.25) is 6.08 Å². The average molecular weight is 235 g/mol. The average Bonchev–Trinajstić information content (AvgIpc) is 2.90. The smallest absolute Gasteiger partial charge is 0.240 e. The lowest BCUT2D eigenvalue weighted by Crippen LogP contribution is -1.99. The van der Waals surface area contributed by atoms with Gasteiger partial charge in [0.15, 0.2) is 0 Å². The summed E-state index contributed by atoms with van der Waals surface area (Å²) in [7, 11) is 0. The van der Waals surface area contributed by atoms with Crippen molar-refractivity contribution in [3.05, 3.63) is 28.1 Å². The Morgan fingerprint density at radius 1 is 1.12 bits per heavy atom. The molecule has 1 aromatic rings. The largest absolute Gasteiger partial charge is 0.247 e. The summed E-state index contributed by atoms with van der Waals surface area (Å²) in [6, 6.07) is 0. The molecule has 1 aromatic carbocycles. The van der Waals surface area contributed by atoms with E-state index >= 15 is 0 Å². The lowest BCUT2D eigenvalue weighted by molar-refractivity contribution is 0.347. The van der Waals surface area contributed by atoms with Crippen LogP contribution < -0.4 is 0 Å². The number of hydrogen-bond acceptors (Lipinski definition) is 2. The van der Waals surface area contributed by atoms with Gasteiger partial charge in [0, 0.05) is 12.8 Å². The minimum Gasteiger partial charge on any atom is -0.247 e. The zero-order chi connectivity index (χ0) is 12.0. The summed E-state index contributed by atoms with van der Waals surface area (Å²) in [4.78, 5) is 14.1. The number of benzene rings is 1. The van der Waals surface area contributed by atoms with E-state index < -0.39 is 6.17 Å². The van der Waals surface area contributed by atoms with Gasteiger partial charge >= 0.3 is 0 Å². The number of hydrogen-bond donors (Lipinski definition) is 0. The molecular formula is C13H11F2NO. The van der Waals surface area contributed by atoms with Gasteiger partial charge in [-0.1, -0.05) is 0 Å². The molecule has 0 spiro atoms. The van der Waals surface area contributed by atoms with E-state index in [1.807, 2.05) is 0 Å². The molecule has 3 rings (SSSR count). The Morgan fingerprint density at radius 2 is 1.82 bits per heavy atom. The van der Waals surface area contributed by atoms with Crippen molar-refractivity contribution < 1.29 is 13.6 Å². The van der Waals surface area contributed by atoms with E-state index in [1.165, 1.54) is 6.08 Å². The zero-order valence-electron chi connectivity index (χ0n) is 9.22. The molecule has 0 saturated heterocycles. The molecule has 0 saturated carbocycles. The first kappa shape index (κ1) is 10.6. The number of halogens is 2. The highest BCUT2D eigenvalue weighted by Crippen LogP contribution is 2.42. The Labute approximate surface area is 97.4 Å². The molecule has 0 amide bonds. The van der Waals surface area contributed by atoms with Gasteiger partial charge in [-0.05, 0) is 41.5 Å². The molecule has 2 aliphatic rings. The van der Waals surface area contributed by atoms with E-state index in [-0.39, 0.29) is 18.7 Å². The molecule has 0 aromatic heterocycles. The fraction of sp³-hybridized carbons (Fsp3) is 0.462. The maximum Gasteiger partial charge on any atom is 0.240 e. The van der Waals surface area contributed by atoms with Crippen LogP contribution in [0.15, 0.2) is 4.99 Å². The van der Waals surface area contributed by atoms with Crippen LogP contribution in [0.1, 0.15) is 28.7 Å². The second-order valence-corrected chi connectivity index (χ2v) is 4.64. The Hall–Kier alpha value is -1.54. The molecule has 0 fully saturated rings. The summed E-state index contributed by atoms with van der Waals surface area (Å²) in [5.41, 5.74) is 2.92. The van der Waals surface area contributed by atoms with Crippen molar-refractivity contribution in [1.82, 2.24) is 0 Å². The van der Waals surface area contributed by atoms with Crippen LogP contribution in [-0.2, 0) is 30.5 Å². The predicted molar refractivity (Wildman–Crippen MR) is 58.5 cm³/mol. The maximum atomic E-state index is 14.2. The second-order valence-electron chi connectivity index (χ2n) is 4.64. The predicted octanol–water partition coefficient (Wildman–Crippen LogP) is 2.72. The number of rotatable bonds is 1. The first-order chi connectivity index (χ1) is 8.22. The topological polar surface area (TPSA) is 29.4 Å². The van der Waals surface area contributed by atoms with Crippen LogP contribution in [0, 0.1) is 5.82 Å². The molecule has 1 atom stereocenters. The Bertz CT molecular complexity index is 547. The van der Waals surface area contributed by atoms with Crippen LogP contribution in [0.5, 0.6) is 0 Å². The maximum absolute atomic E-state index is 14.2.